The molecule has 0 atom stereocenters. The monoisotopic (exact) mass is 360 g/mol. The van der Waals surface area contributed by atoms with Crippen molar-refractivity contribution in [2.75, 3.05) is 6.61 Å². The molecule has 0 unspecified atom stereocenters. The van der Waals surface area contributed by atoms with E-state index in [0.29, 0.717) is 11.5 Å². The number of carboxylic acid groups (broad SMARTS) is 1. The summed E-state index contributed by atoms with van der Waals surface area (Å²) in [6.45, 7) is -0.0435. The molecule has 0 spiro atoms. The summed E-state index contributed by atoms with van der Waals surface area (Å²) in [5.74, 6) is -2.51. The van der Waals surface area contributed by atoms with Crippen molar-refractivity contribution in [3.8, 4) is 16.9 Å². The quantitative estimate of drug-likeness (QED) is 0.660. The number of carboxylic acids is 1. The van der Waals surface area contributed by atoms with Gasteiger partial charge in [-0.3, -0.25) is 4.79 Å². The molecule has 5 heteroatoms. The molecular formula is C21H22F2O3. The Balaban J connectivity index is 1.83. The van der Waals surface area contributed by atoms with Crippen LogP contribution < -0.4 is 4.74 Å². The number of benzene rings is 2. The average molecular weight is 360 g/mol. The first-order valence-corrected chi connectivity index (χ1v) is 8.99. The van der Waals surface area contributed by atoms with E-state index in [4.69, 9.17) is 9.84 Å². The Labute approximate surface area is 151 Å². The Morgan fingerprint density at radius 3 is 2.42 bits per heavy atom. The minimum absolute atomic E-state index is 0.0435. The van der Waals surface area contributed by atoms with E-state index in [1.807, 2.05) is 24.3 Å². The van der Waals surface area contributed by atoms with Crippen LogP contribution >= 0.6 is 0 Å². The van der Waals surface area contributed by atoms with Crippen molar-refractivity contribution in [2.24, 2.45) is 0 Å². The van der Waals surface area contributed by atoms with E-state index >= 15 is 0 Å². The van der Waals surface area contributed by atoms with E-state index in [9.17, 15) is 13.6 Å². The SMILES string of the molecule is O=C(O)CCCOc1c(F)cc(-c2ccccc2C2CCCC2)cc1F. The molecule has 1 saturated carbocycles. The summed E-state index contributed by atoms with van der Waals surface area (Å²) in [5.41, 5.74) is 2.49. The van der Waals surface area contributed by atoms with Crippen LogP contribution in [0.3, 0.4) is 0 Å². The molecule has 0 heterocycles. The molecule has 1 fully saturated rings. The lowest BCUT2D eigenvalue weighted by molar-refractivity contribution is -0.137. The van der Waals surface area contributed by atoms with Crippen LogP contribution in [0.25, 0.3) is 11.1 Å². The first-order chi connectivity index (χ1) is 12.6. The maximum atomic E-state index is 14.4. The maximum Gasteiger partial charge on any atom is 0.303 e. The minimum atomic E-state index is -0.964. The predicted octanol–water partition coefficient (Wildman–Crippen LogP) is 5.53. The summed E-state index contributed by atoms with van der Waals surface area (Å²) in [4.78, 5) is 10.5. The van der Waals surface area contributed by atoms with Gasteiger partial charge < -0.3 is 9.84 Å². The summed E-state index contributed by atoms with van der Waals surface area (Å²) in [6.07, 6.45) is 4.67. The van der Waals surface area contributed by atoms with Crippen molar-refractivity contribution in [3.63, 3.8) is 0 Å². The number of carbonyl (C=O) groups is 1. The zero-order valence-electron chi connectivity index (χ0n) is 14.5. The summed E-state index contributed by atoms with van der Waals surface area (Å²) in [7, 11) is 0. The second-order valence-corrected chi connectivity index (χ2v) is 6.68. The molecule has 0 bridgehead atoms. The third kappa shape index (κ3) is 4.21. The molecule has 0 radical (unpaired) electrons. The molecule has 3 rings (SSSR count). The van der Waals surface area contributed by atoms with E-state index in [2.05, 4.69) is 0 Å². The van der Waals surface area contributed by atoms with Crippen LogP contribution in [0.15, 0.2) is 36.4 Å². The van der Waals surface area contributed by atoms with Gasteiger partial charge in [-0.15, -0.1) is 0 Å². The Morgan fingerprint density at radius 1 is 1.12 bits per heavy atom. The molecule has 0 amide bonds. The van der Waals surface area contributed by atoms with Gasteiger partial charge in [-0.25, -0.2) is 8.78 Å². The van der Waals surface area contributed by atoms with Crippen LogP contribution in [-0.4, -0.2) is 17.7 Å². The van der Waals surface area contributed by atoms with Crippen molar-refractivity contribution in [3.05, 3.63) is 53.6 Å². The minimum Gasteiger partial charge on any atom is -0.488 e. The third-order valence-corrected chi connectivity index (χ3v) is 4.85. The largest absolute Gasteiger partial charge is 0.488 e. The van der Waals surface area contributed by atoms with Crippen LogP contribution in [0.4, 0.5) is 8.78 Å². The van der Waals surface area contributed by atoms with Gasteiger partial charge in [-0.05, 0) is 54.0 Å². The molecule has 0 saturated heterocycles. The second-order valence-electron chi connectivity index (χ2n) is 6.68. The first kappa shape index (κ1) is 18.4. The molecule has 0 aromatic heterocycles. The van der Waals surface area contributed by atoms with Crippen molar-refractivity contribution in [1.82, 2.24) is 0 Å². The standard InChI is InChI=1S/C21H22F2O3/c22-18-12-15(13-19(23)21(18)26-11-5-10-20(24)25)17-9-4-3-8-16(17)14-6-1-2-7-14/h3-4,8-9,12-14H,1-2,5-7,10-11H2,(H,24,25). The number of rotatable bonds is 7. The normalized spacial score (nSPS) is 14.5. The highest BCUT2D eigenvalue weighted by Gasteiger charge is 2.21. The molecule has 1 aliphatic rings. The van der Waals surface area contributed by atoms with Crippen molar-refractivity contribution in [2.45, 2.75) is 44.4 Å². The first-order valence-electron chi connectivity index (χ1n) is 8.99. The number of ether oxygens (including phenoxy) is 1. The fourth-order valence-electron chi connectivity index (χ4n) is 3.60. The molecule has 3 nitrogen and oxygen atoms in total. The third-order valence-electron chi connectivity index (χ3n) is 4.85. The van der Waals surface area contributed by atoms with Crippen LogP contribution in [0.1, 0.15) is 50.0 Å². The van der Waals surface area contributed by atoms with Gasteiger partial charge in [0.05, 0.1) is 6.61 Å². The lowest BCUT2D eigenvalue weighted by Gasteiger charge is -2.16. The highest BCUT2D eigenvalue weighted by molar-refractivity contribution is 5.69. The lowest BCUT2D eigenvalue weighted by Crippen LogP contribution is -2.05. The molecule has 1 N–H and O–H groups in total. The Bertz CT molecular complexity index is 760. The van der Waals surface area contributed by atoms with E-state index in [-0.39, 0.29) is 19.4 Å². The van der Waals surface area contributed by atoms with Gasteiger partial charge in [-0.2, -0.15) is 0 Å². The number of hydrogen-bond acceptors (Lipinski definition) is 2. The van der Waals surface area contributed by atoms with E-state index in [1.54, 1.807) is 0 Å². The molecule has 138 valence electrons. The molecular weight excluding hydrogens is 338 g/mol. The van der Waals surface area contributed by atoms with Crippen molar-refractivity contribution >= 4 is 5.97 Å². The Hall–Kier alpha value is -2.43. The highest BCUT2D eigenvalue weighted by atomic mass is 19.1. The maximum absolute atomic E-state index is 14.4. The topological polar surface area (TPSA) is 46.5 Å². The lowest BCUT2D eigenvalue weighted by atomic mass is 9.89. The Morgan fingerprint density at radius 2 is 1.77 bits per heavy atom. The molecule has 0 aliphatic heterocycles. The van der Waals surface area contributed by atoms with Crippen molar-refractivity contribution < 1.29 is 23.4 Å². The predicted molar refractivity (Wildman–Crippen MR) is 95.4 cm³/mol. The van der Waals surface area contributed by atoms with Crippen molar-refractivity contribution in [1.29, 1.82) is 0 Å². The van der Waals surface area contributed by atoms with Crippen LogP contribution in [0, 0.1) is 11.6 Å². The van der Waals surface area contributed by atoms with Crippen LogP contribution in [0.2, 0.25) is 0 Å². The fourth-order valence-corrected chi connectivity index (χ4v) is 3.60. The summed E-state index contributed by atoms with van der Waals surface area (Å²) in [5, 5.41) is 8.59. The van der Waals surface area contributed by atoms with Crippen LogP contribution in [0.5, 0.6) is 5.75 Å². The molecule has 26 heavy (non-hydrogen) atoms. The van der Waals surface area contributed by atoms with Gasteiger partial charge in [0, 0.05) is 6.42 Å². The number of halogens is 2. The fraction of sp³-hybridized carbons (Fsp3) is 0.381. The van der Waals surface area contributed by atoms with Crippen LogP contribution in [-0.2, 0) is 4.79 Å². The highest BCUT2D eigenvalue weighted by Crippen LogP contribution is 2.40. The number of hydrogen-bond donors (Lipinski definition) is 1. The van der Waals surface area contributed by atoms with E-state index in [1.165, 1.54) is 25.0 Å². The van der Waals surface area contributed by atoms with Gasteiger partial charge in [0.1, 0.15) is 0 Å². The van der Waals surface area contributed by atoms with Gasteiger partial charge in [-0.1, -0.05) is 37.1 Å². The summed E-state index contributed by atoms with van der Waals surface area (Å²) >= 11 is 0. The molecule has 1 aliphatic carbocycles. The second kappa shape index (κ2) is 8.30. The number of aliphatic carboxylic acids is 1. The molecule has 2 aromatic rings. The smallest absolute Gasteiger partial charge is 0.303 e. The van der Waals surface area contributed by atoms with Gasteiger partial charge in [0.25, 0.3) is 0 Å². The van der Waals surface area contributed by atoms with Gasteiger partial charge in [0.2, 0.25) is 0 Å². The zero-order valence-corrected chi connectivity index (χ0v) is 14.5. The summed E-state index contributed by atoms with van der Waals surface area (Å²) in [6, 6.07) is 10.4. The zero-order chi connectivity index (χ0) is 18.5. The van der Waals surface area contributed by atoms with E-state index in [0.717, 1.165) is 24.0 Å². The summed E-state index contributed by atoms with van der Waals surface area (Å²) < 4.78 is 33.9. The Kier molecular flexibility index (Phi) is 5.86. The van der Waals surface area contributed by atoms with Gasteiger partial charge >= 0.3 is 5.97 Å². The average Bonchev–Trinajstić information content (AvgIpc) is 3.14. The molecule has 2 aromatic carbocycles. The van der Waals surface area contributed by atoms with E-state index < -0.39 is 23.4 Å². The van der Waals surface area contributed by atoms with Gasteiger partial charge in [0.15, 0.2) is 17.4 Å².